The third-order valence-corrected chi connectivity index (χ3v) is 3.07. The second kappa shape index (κ2) is 8.82. The van der Waals surface area contributed by atoms with Gasteiger partial charge in [-0.05, 0) is 43.5 Å². The Kier molecular flexibility index (Phi) is 7.41. The third kappa shape index (κ3) is 5.80. The molecule has 0 aromatic heterocycles. The molecule has 0 aliphatic rings. The maximum Gasteiger partial charge on any atom is 0.160 e. The third-order valence-electron chi connectivity index (χ3n) is 3.07. The molecule has 0 heterocycles. The van der Waals surface area contributed by atoms with Crippen molar-refractivity contribution < 1.29 is 14.6 Å². The van der Waals surface area contributed by atoms with E-state index in [1.54, 1.807) is 13.2 Å². The van der Waals surface area contributed by atoms with E-state index < -0.39 is 0 Å². The Morgan fingerprint density at radius 1 is 1.25 bits per heavy atom. The molecule has 0 fully saturated rings. The van der Waals surface area contributed by atoms with Crippen molar-refractivity contribution in [2.45, 2.75) is 33.2 Å². The van der Waals surface area contributed by atoms with Crippen LogP contribution in [-0.2, 0) is 4.74 Å². The van der Waals surface area contributed by atoms with Crippen LogP contribution in [0, 0.1) is 5.92 Å². The van der Waals surface area contributed by atoms with Gasteiger partial charge in [0.05, 0.1) is 7.11 Å². The minimum Gasteiger partial charge on any atom is -0.504 e. The van der Waals surface area contributed by atoms with Crippen LogP contribution in [0.1, 0.15) is 38.8 Å². The number of aromatic hydroxyl groups is 1. The van der Waals surface area contributed by atoms with Crippen molar-refractivity contribution in [2.24, 2.45) is 5.92 Å². The summed E-state index contributed by atoms with van der Waals surface area (Å²) in [6, 6.07) is 5.65. The second-order valence-corrected chi connectivity index (χ2v) is 5.43. The summed E-state index contributed by atoms with van der Waals surface area (Å²) in [6.45, 7) is 8.92. The van der Waals surface area contributed by atoms with Crippen LogP contribution in [0.4, 0.5) is 0 Å². The molecule has 4 nitrogen and oxygen atoms in total. The second-order valence-electron chi connectivity index (χ2n) is 5.43. The van der Waals surface area contributed by atoms with Crippen molar-refractivity contribution in [3.05, 3.63) is 23.8 Å². The monoisotopic (exact) mass is 281 g/mol. The van der Waals surface area contributed by atoms with Gasteiger partial charge in [-0.1, -0.05) is 19.9 Å². The quantitative estimate of drug-likeness (QED) is 0.683. The normalized spacial score (nSPS) is 12.7. The van der Waals surface area contributed by atoms with Crippen LogP contribution in [0.25, 0.3) is 0 Å². The predicted molar refractivity (Wildman–Crippen MR) is 81.4 cm³/mol. The lowest BCUT2D eigenvalue weighted by atomic mass is 10.1. The molecule has 114 valence electrons. The number of ether oxygens (including phenoxy) is 2. The number of rotatable bonds is 9. The van der Waals surface area contributed by atoms with Crippen LogP contribution in [0.3, 0.4) is 0 Å². The van der Waals surface area contributed by atoms with Gasteiger partial charge in [0.25, 0.3) is 0 Å². The Morgan fingerprint density at radius 2 is 2.00 bits per heavy atom. The van der Waals surface area contributed by atoms with Crippen molar-refractivity contribution in [2.75, 3.05) is 26.9 Å². The van der Waals surface area contributed by atoms with Crippen molar-refractivity contribution in [3.8, 4) is 11.5 Å². The fraction of sp³-hybridized carbons (Fsp3) is 0.625. The largest absolute Gasteiger partial charge is 0.504 e. The highest BCUT2D eigenvalue weighted by Crippen LogP contribution is 2.28. The molecular formula is C16H27NO3. The van der Waals surface area contributed by atoms with Gasteiger partial charge >= 0.3 is 0 Å². The predicted octanol–water partition coefficient (Wildman–Crippen LogP) is 3.11. The number of methoxy groups -OCH3 is 1. The first kappa shape index (κ1) is 16.8. The summed E-state index contributed by atoms with van der Waals surface area (Å²) in [5, 5.41) is 13.0. The SMILES string of the molecule is COc1cc(C(C)NCCCOCC(C)C)ccc1O. The Hall–Kier alpha value is -1.26. The van der Waals surface area contributed by atoms with Crippen molar-refractivity contribution in [3.63, 3.8) is 0 Å². The van der Waals surface area contributed by atoms with Gasteiger partial charge in [-0.25, -0.2) is 0 Å². The Labute approximate surface area is 122 Å². The summed E-state index contributed by atoms with van der Waals surface area (Å²) < 4.78 is 10.7. The molecule has 20 heavy (non-hydrogen) atoms. The smallest absolute Gasteiger partial charge is 0.160 e. The van der Waals surface area contributed by atoms with Gasteiger partial charge in [-0.15, -0.1) is 0 Å². The van der Waals surface area contributed by atoms with Crippen LogP contribution in [0.2, 0.25) is 0 Å². The fourth-order valence-electron chi connectivity index (χ4n) is 1.89. The molecule has 1 aromatic rings. The van der Waals surface area contributed by atoms with Gasteiger partial charge < -0.3 is 19.9 Å². The number of hydrogen-bond acceptors (Lipinski definition) is 4. The average molecular weight is 281 g/mol. The van der Waals surface area contributed by atoms with E-state index in [-0.39, 0.29) is 11.8 Å². The fourth-order valence-corrected chi connectivity index (χ4v) is 1.89. The maximum absolute atomic E-state index is 9.57. The summed E-state index contributed by atoms with van der Waals surface area (Å²) in [5.74, 6) is 1.27. The van der Waals surface area contributed by atoms with Crippen LogP contribution < -0.4 is 10.1 Å². The molecule has 1 aromatic carbocycles. The first-order chi connectivity index (χ1) is 9.54. The van der Waals surface area contributed by atoms with E-state index in [1.807, 2.05) is 12.1 Å². The van der Waals surface area contributed by atoms with Gasteiger partial charge in [0, 0.05) is 19.3 Å². The number of phenols is 1. The van der Waals surface area contributed by atoms with E-state index in [4.69, 9.17) is 9.47 Å². The molecule has 0 radical (unpaired) electrons. The van der Waals surface area contributed by atoms with Crippen LogP contribution in [0.5, 0.6) is 11.5 Å². The van der Waals surface area contributed by atoms with Crippen molar-refractivity contribution in [1.29, 1.82) is 0 Å². The first-order valence-corrected chi connectivity index (χ1v) is 7.22. The molecule has 2 N–H and O–H groups in total. The Balaban J connectivity index is 2.30. The van der Waals surface area contributed by atoms with E-state index in [9.17, 15) is 5.11 Å². The summed E-state index contributed by atoms with van der Waals surface area (Å²) in [4.78, 5) is 0. The molecular weight excluding hydrogens is 254 g/mol. The van der Waals surface area contributed by atoms with Crippen LogP contribution in [0.15, 0.2) is 18.2 Å². The van der Waals surface area contributed by atoms with Gasteiger partial charge in [0.15, 0.2) is 11.5 Å². The highest BCUT2D eigenvalue weighted by molar-refractivity contribution is 5.42. The highest BCUT2D eigenvalue weighted by Gasteiger charge is 2.08. The standard InChI is InChI=1S/C16H27NO3/c1-12(2)11-20-9-5-8-17-13(3)14-6-7-15(18)16(10-14)19-4/h6-7,10,12-13,17-18H,5,8-9,11H2,1-4H3. The first-order valence-electron chi connectivity index (χ1n) is 7.22. The van der Waals surface area contributed by atoms with E-state index in [0.717, 1.165) is 31.7 Å². The Morgan fingerprint density at radius 3 is 2.65 bits per heavy atom. The lowest BCUT2D eigenvalue weighted by Gasteiger charge is -2.16. The summed E-state index contributed by atoms with van der Waals surface area (Å²) in [6.07, 6.45) is 0.992. The van der Waals surface area contributed by atoms with E-state index in [0.29, 0.717) is 11.7 Å². The molecule has 0 amide bonds. The van der Waals surface area contributed by atoms with Crippen molar-refractivity contribution >= 4 is 0 Å². The number of benzene rings is 1. The lowest BCUT2D eigenvalue weighted by Crippen LogP contribution is -2.21. The van der Waals surface area contributed by atoms with Crippen LogP contribution >= 0.6 is 0 Å². The minimum absolute atomic E-state index is 0.172. The molecule has 1 unspecified atom stereocenters. The zero-order chi connectivity index (χ0) is 15.0. The number of hydrogen-bond donors (Lipinski definition) is 2. The minimum atomic E-state index is 0.172. The molecule has 0 saturated heterocycles. The molecule has 0 bridgehead atoms. The van der Waals surface area contributed by atoms with Gasteiger partial charge in [-0.2, -0.15) is 0 Å². The number of phenolic OH excluding ortho intramolecular Hbond substituents is 1. The topological polar surface area (TPSA) is 50.7 Å². The zero-order valence-electron chi connectivity index (χ0n) is 13.0. The summed E-state index contributed by atoms with van der Waals surface area (Å²) in [5.41, 5.74) is 1.10. The molecule has 4 heteroatoms. The molecule has 0 saturated carbocycles. The Bertz CT molecular complexity index is 393. The number of nitrogens with one attached hydrogen (secondary N) is 1. The molecule has 1 rings (SSSR count). The average Bonchev–Trinajstić information content (AvgIpc) is 2.42. The van der Waals surface area contributed by atoms with E-state index >= 15 is 0 Å². The van der Waals surface area contributed by atoms with Gasteiger partial charge in [-0.3, -0.25) is 0 Å². The van der Waals surface area contributed by atoms with Crippen molar-refractivity contribution in [1.82, 2.24) is 5.32 Å². The lowest BCUT2D eigenvalue weighted by molar-refractivity contribution is 0.107. The van der Waals surface area contributed by atoms with Crippen LogP contribution in [-0.4, -0.2) is 32.0 Å². The molecule has 1 atom stereocenters. The maximum atomic E-state index is 9.57. The van der Waals surface area contributed by atoms with E-state index in [1.165, 1.54) is 0 Å². The zero-order valence-corrected chi connectivity index (χ0v) is 13.0. The molecule has 0 aliphatic carbocycles. The summed E-state index contributed by atoms with van der Waals surface area (Å²) in [7, 11) is 1.56. The van der Waals surface area contributed by atoms with Gasteiger partial charge in [0.1, 0.15) is 0 Å². The molecule has 0 aliphatic heterocycles. The molecule has 0 spiro atoms. The highest BCUT2D eigenvalue weighted by atomic mass is 16.5. The van der Waals surface area contributed by atoms with Gasteiger partial charge in [0.2, 0.25) is 0 Å². The summed E-state index contributed by atoms with van der Waals surface area (Å²) >= 11 is 0. The van der Waals surface area contributed by atoms with E-state index in [2.05, 4.69) is 26.1 Å².